The van der Waals surface area contributed by atoms with Gasteiger partial charge in [-0.05, 0) is 32.1 Å². The summed E-state index contributed by atoms with van der Waals surface area (Å²) in [5.74, 6) is 2.53. The highest BCUT2D eigenvalue weighted by atomic mass is 32.2. The second kappa shape index (κ2) is 6.61. The van der Waals surface area contributed by atoms with Crippen LogP contribution in [0.3, 0.4) is 0 Å². The van der Waals surface area contributed by atoms with Gasteiger partial charge in [-0.3, -0.25) is 13.9 Å². The maximum Gasteiger partial charge on any atom is 0.332 e. The lowest BCUT2D eigenvalue weighted by Gasteiger charge is -2.09. The molecule has 9 nitrogen and oxygen atoms in total. The molecule has 5 rings (SSSR count). The van der Waals surface area contributed by atoms with Gasteiger partial charge in [0.1, 0.15) is 5.82 Å². The molecule has 2 aliphatic rings. The average Bonchev–Trinajstić information content (AvgIpc) is 3.61. The first-order valence-electron chi connectivity index (χ1n) is 9.74. The number of aromatic nitrogens is 7. The Morgan fingerprint density at radius 2 is 1.93 bits per heavy atom. The molecule has 0 spiro atoms. The smallest absolute Gasteiger partial charge is 0.328 e. The van der Waals surface area contributed by atoms with E-state index in [1.54, 1.807) is 36.8 Å². The van der Waals surface area contributed by atoms with E-state index in [4.69, 9.17) is 0 Å². The van der Waals surface area contributed by atoms with Crippen LogP contribution in [0.5, 0.6) is 0 Å². The van der Waals surface area contributed by atoms with E-state index in [0.29, 0.717) is 36.1 Å². The summed E-state index contributed by atoms with van der Waals surface area (Å²) in [6.07, 6.45) is 7.13. The average molecular weight is 401 g/mol. The third-order valence-corrected chi connectivity index (χ3v) is 6.53. The van der Waals surface area contributed by atoms with Crippen LogP contribution in [0.25, 0.3) is 11.2 Å². The van der Waals surface area contributed by atoms with E-state index in [-0.39, 0.29) is 11.2 Å². The first-order valence-corrected chi connectivity index (χ1v) is 10.7. The van der Waals surface area contributed by atoms with Gasteiger partial charge in [0.2, 0.25) is 0 Å². The molecular formula is C18H23N7O2S. The summed E-state index contributed by atoms with van der Waals surface area (Å²) in [5, 5.41) is 9.81. The van der Waals surface area contributed by atoms with Crippen molar-refractivity contribution in [2.24, 2.45) is 14.1 Å². The number of hydrogen-bond acceptors (Lipinski definition) is 6. The molecule has 0 N–H and O–H groups in total. The zero-order chi connectivity index (χ0) is 19.4. The van der Waals surface area contributed by atoms with Crippen molar-refractivity contribution in [2.45, 2.75) is 55.8 Å². The Bertz CT molecular complexity index is 1160. The zero-order valence-electron chi connectivity index (χ0n) is 16.0. The normalized spacial score (nSPS) is 16.9. The summed E-state index contributed by atoms with van der Waals surface area (Å²) in [7, 11) is 3.42. The number of imidazole rings is 1. The van der Waals surface area contributed by atoms with Crippen molar-refractivity contribution < 1.29 is 0 Å². The monoisotopic (exact) mass is 401 g/mol. The maximum absolute atomic E-state index is 12.7. The van der Waals surface area contributed by atoms with Crippen LogP contribution < -0.4 is 11.2 Å². The van der Waals surface area contributed by atoms with Crippen molar-refractivity contribution in [1.29, 1.82) is 0 Å². The molecule has 28 heavy (non-hydrogen) atoms. The Balaban J connectivity index is 1.31. The topological polar surface area (TPSA) is 92.5 Å². The van der Waals surface area contributed by atoms with Gasteiger partial charge in [-0.1, -0.05) is 11.8 Å². The summed E-state index contributed by atoms with van der Waals surface area (Å²) >= 11 is 1.67. The minimum atomic E-state index is -0.321. The maximum atomic E-state index is 12.7. The van der Waals surface area contributed by atoms with Gasteiger partial charge in [0.25, 0.3) is 5.56 Å². The Labute approximate surface area is 165 Å². The van der Waals surface area contributed by atoms with Crippen molar-refractivity contribution in [2.75, 3.05) is 5.75 Å². The molecule has 0 bridgehead atoms. The third-order valence-electron chi connectivity index (χ3n) is 5.50. The van der Waals surface area contributed by atoms with Crippen LogP contribution in [0.15, 0.2) is 21.1 Å². The molecule has 10 heteroatoms. The van der Waals surface area contributed by atoms with Gasteiger partial charge < -0.3 is 9.13 Å². The van der Waals surface area contributed by atoms with Gasteiger partial charge in [-0.25, -0.2) is 9.78 Å². The Hall–Kier alpha value is -2.36. The molecule has 0 atom stereocenters. The van der Waals surface area contributed by atoms with Crippen molar-refractivity contribution in [1.82, 2.24) is 33.4 Å². The molecule has 0 unspecified atom stereocenters. The molecule has 0 aromatic carbocycles. The van der Waals surface area contributed by atoms with Crippen LogP contribution in [-0.2, 0) is 20.6 Å². The standard InChI is InChI=1S/C18H23N7O2S/c1-22-10-19-15-13(22)16(26)24(18(27)23(15)2)8-3-9-28-17-21-20-14(11-4-5-11)25(17)12-6-7-12/h10-12H,3-9H2,1-2H3. The van der Waals surface area contributed by atoms with Crippen LogP contribution in [0.4, 0.5) is 0 Å². The summed E-state index contributed by atoms with van der Waals surface area (Å²) in [5.41, 5.74) is 0.282. The molecule has 148 valence electrons. The van der Waals surface area contributed by atoms with E-state index in [1.807, 2.05) is 0 Å². The van der Waals surface area contributed by atoms with Gasteiger partial charge in [-0.2, -0.15) is 0 Å². The van der Waals surface area contributed by atoms with Crippen LogP contribution in [0.2, 0.25) is 0 Å². The highest BCUT2D eigenvalue weighted by Crippen LogP contribution is 2.46. The predicted octanol–water partition coefficient (Wildman–Crippen LogP) is 1.42. The number of hydrogen-bond donors (Lipinski definition) is 0. The fourth-order valence-electron chi connectivity index (χ4n) is 3.66. The second-order valence-electron chi connectivity index (χ2n) is 7.74. The minimum Gasteiger partial charge on any atom is -0.328 e. The molecule has 2 aliphatic carbocycles. The summed E-state index contributed by atoms with van der Waals surface area (Å²) in [6, 6.07) is 0.565. The van der Waals surface area contributed by atoms with E-state index in [0.717, 1.165) is 16.7 Å². The lowest BCUT2D eigenvalue weighted by Crippen LogP contribution is -2.39. The molecule has 3 aromatic heterocycles. The van der Waals surface area contributed by atoms with Gasteiger partial charge in [0, 0.05) is 38.4 Å². The number of fused-ring (bicyclic) bond motifs is 1. The first kappa shape index (κ1) is 17.7. The SMILES string of the molecule is Cn1cnc2c1c(=O)n(CCCSc1nnc(C3CC3)n1C1CC1)c(=O)n2C. The van der Waals surface area contributed by atoms with Gasteiger partial charge in [0.05, 0.1) is 6.33 Å². The summed E-state index contributed by atoms with van der Waals surface area (Å²) in [4.78, 5) is 29.5. The lowest BCUT2D eigenvalue weighted by molar-refractivity contribution is 0.592. The largest absolute Gasteiger partial charge is 0.332 e. The zero-order valence-corrected chi connectivity index (χ0v) is 16.9. The Kier molecular flexibility index (Phi) is 4.18. The molecule has 3 heterocycles. The Morgan fingerprint density at radius 1 is 1.14 bits per heavy atom. The number of aryl methyl sites for hydroxylation is 2. The van der Waals surface area contributed by atoms with Crippen molar-refractivity contribution in [3.63, 3.8) is 0 Å². The third kappa shape index (κ3) is 2.90. The lowest BCUT2D eigenvalue weighted by atomic mass is 10.4. The molecular weight excluding hydrogens is 378 g/mol. The summed E-state index contributed by atoms with van der Waals surface area (Å²) in [6.45, 7) is 0.382. The van der Waals surface area contributed by atoms with E-state index in [1.165, 1.54) is 34.8 Å². The highest BCUT2D eigenvalue weighted by molar-refractivity contribution is 7.99. The Morgan fingerprint density at radius 3 is 2.64 bits per heavy atom. The molecule has 0 saturated heterocycles. The van der Waals surface area contributed by atoms with Crippen molar-refractivity contribution in [3.8, 4) is 0 Å². The van der Waals surface area contributed by atoms with Crippen molar-refractivity contribution >= 4 is 22.9 Å². The van der Waals surface area contributed by atoms with Gasteiger partial charge in [0.15, 0.2) is 16.3 Å². The quantitative estimate of drug-likeness (QED) is 0.439. The summed E-state index contributed by atoms with van der Waals surface area (Å²) < 4.78 is 6.75. The van der Waals surface area contributed by atoms with Gasteiger partial charge in [-0.15, -0.1) is 10.2 Å². The highest BCUT2D eigenvalue weighted by Gasteiger charge is 2.36. The van der Waals surface area contributed by atoms with Gasteiger partial charge >= 0.3 is 5.69 Å². The minimum absolute atomic E-state index is 0.278. The molecule has 0 aliphatic heterocycles. The van der Waals surface area contributed by atoms with E-state index in [2.05, 4.69) is 19.7 Å². The molecule has 2 saturated carbocycles. The molecule has 3 aromatic rings. The van der Waals surface area contributed by atoms with E-state index in [9.17, 15) is 9.59 Å². The predicted molar refractivity (Wildman–Crippen MR) is 106 cm³/mol. The fourth-order valence-corrected chi connectivity index (χ4v) is 4.60. The van der Waals surface area contributed by atoms with E-state index >= 15 is 0 Å². The molecule has 0 radical (unpaired) electrons. The second-order valence-corrected chi connectivity index (χ2v) is 8.81. The van der Waals surface area contributed by atoms with Crippen LogP contribution >= 0.6 is 11.8 Å². The van der Waals surface area contributed by atoms with Crippen LogP contribution in [0, 0.1) is 0 Å². The number of nitrogens with zero attached hydrogens (tertiary/aromatic N) is 7. The first-order chi connectivity index (χ1) is 13.6. The van der Waals surface area contributed by atoms with Crippen molar-refractivity contribution in [3.05, 3.63) is 33.0 Å². The van der Waals surface area contributed by atoms with E-state index < -0.39 is 0 Å². The fraction of sp³-hybridized carbons (Fsp3) is 0.611. The number of rotatable bonds is 7. The molecule has 2 fully saturated rings. The number of thioether (sulfide) groups is 1. The molecule has 0 amide bonds. The van der Waals surface area contributed by atoms with Crippen LogP contribution in [-0.4, -0.2) is 39.2 Å². The van der Waals surface area contributed by atoms with Crippen LogP contribution in [0.1, 0.15) is 49.9 Å².